The molecular formula is C18H19N3O3. The van der Waals surface area contributed by atoms with Crippen LogP contribution in [0, 0.1) is 11.3 Å². The van der Waals surface area contributed by atoms with E-state index in [0.717, 1.165) is 0 Å². The Kier molecular flexibility index (Phi) is 5.77. The number of nitrogens with zero attached hydrogens (tertiary/aromatic N) is 2. The Hall–Kier alpha value is -3.04. The highest BCUT2D eigenvalue weighted by molar-refractivity contribution is 6.11. The highest BCUT2D eigenvalue weighted by atomic mass is 16.3. The second-order valence-corrected chi connectivity index (χ2v) is 5.14. The average molecular weight is 325 g/mol. The first-order valence-electron chi connectivity index (χ1n) is 7.59. The largest absolute Gasteiger partial charge is 0.507 e. The molecule has 0 saturated carbocycles. The summed E-state index contributed by atoms with van der Waals surface area (Å²) in [7, 11) is 0. The lowest BCUT2D eigenvalue weighted by Crippen LogP contribution is -2.23. The van der Waals surface area contributed by atoms with Crippen LogP contribution in [-0.2, 0) is 4.79 Å². The van der Waals surface area contributed by atoms with Crippen LogP contribution in [0.3, 0.4) is 0 Å². The quantitative estimate of drug-likeness (QED) is 0.559. The number of phenols is 1. The van der Waals surface area contributed by atoms with Crippen molar-refractivity contribution in [3.05, 3.63) is 48.2 Å². The van der Waals surface area contributed by atoms with Gasteiger partial charge in [0, 0.05) is 35.7 Å². The summed E-state index contributed by atoms with van der Waals surface area (Å²) in [6.07, 6.45) is 1.44. The topological polar surface area (TPSA) is 96.6 Å². The fourth-order valence-electron chi connectivity index (χ4n) is 2.36. The number of phenolic OH excluding ortho intramolecular Hbond substituents is 1. The Morgan fingerprint density at radius 2 is 2.00 bits per heavy atom. The van der Waals surface area contributed by atoms with Gasteiger partial charge in [-0.15, -0.1) is 0 Å². The molecule has 24 heavy (non-hydrogen) atoms. The molecule has 0 fully saturated rings. The molecule has 0 aliphatic heterocycles. The number of aromatic hydroxyl groups is 1. The minimum Gasteiger partial charge on any atom is -0.507 e. The Labute approximate surface area is 140 Å². The van der Waals surface area contributed by atoms with E-state index < -0.39 is 5.91 Å². The van der Waals surface area contributed by atoms with E-state index in [1.807, 2.05) is 13.0 Å². The van der Waals surface area contributed by atoms with Gasteiger partial charge in [-0.05, 0) is 19.1 Å². The zero-order valence-electron chi connectivity index (χ0n) is 13.4. The number of hydrogen-bond donors (Lipinski definition) is 3. The second-order valence-electron chi connectivity index (χ2n) is 5.14. The van der Waals surface area contributed by atoms with Crippen LogP contribution in [0.2, 0.25) is 0 Å². The molecule has 2 rings (SSSR count). The summed E-state index contributed by atoms with van der Waals surface area (Å²) >= 11 is 0. The predicted molar refractivity (Wildman–Crippen MR) is 92.3 cm³/mol. The van der Waals surface area contributed by atoms with Crippen LogP contribution in [-0.4, -0.2) is 40.7 Å². The van der Waals surface area contributed by atoms with Gasteiger partial charge in [0.05, 0.1) is 6.61 Å². The number of fused-ring (bicyclic) bond motifs is 1. The van der Waals surface area contributed by atoms with E-state index in [1.54, 1.807) is 41.3 Å². The number of carbonyl (C=O) groups excluding carboxylic acids is 1. The van der Waals surface area contributed by atoms with Gasteiger partial charge < -0.3 is 20.4 Å². The van der Waals surface area contributed by atoms with Crippen LogP contribution in [0.25, 0.3) is 10.8 Å². The molecule has 0 aliphatic carbocycles. The Morgan fingerprint density at radius 3 is 2.67 bits per heavy atom. The number of amides is 1. The molecule has 6 nitrogen and oxygen atoms in total. The van der Waals surface area contributed by atoms with E-state index in [1.165, 1.54) is 6.20 Å². The van der Waals surface area contributed by atoms with Crippen LogP contribution < -0.4 is 5.32 Å². The molecule has 2 aromatic carbocycles. The summed E-state index contributed by atoms with van der Waals surface area (Å²) in [6, 6.07) is 12.1. The standard InChI is InChI=1S/C18H19N3O3/c1-2-21(9-10-22)12-13(11-19)18(24)20-16-7-3-6-15-14(16)5-4-8-17(15)23/h3-8,12,22-23H,2,9-10H2,1H3,(H,20,24)/b13-12-. The highest BCUT2D eigenvalue weighted by Crippen LogP contribution is 2.29. The van der Waals surface area contributed by atoms with Gasteiger partial charge in [-0.25, -0.2) is 0 Å². The molecule has 1 amide bonds. The molecule has 0 spiro atoms. The van der Waals surface area contributed by atoms with E-state index in [2.05, 4.69) is 5.32 Å². The smallest absolute Gasteiger partial charge is 0.267 e. The lowest BCUT2D eigenvalue weighted by Gasteiger charge is -2.17. The number of hydrogen-bond acceptors (Lipinski definition) is 5. The molecule has 124 valence electrons. The normalized spacial score (nSPS) is 11.1. The van der Waals surface area contributed by atoms with Gasteiger partial charge in [0.25, 0.3) is 5.91 Å². The summed E-state index contributed by atoms with van der Waals surface area (Å²) in [4.78, 5) is 14.1. The molecule has 0 heterocycles. The SMILES string of the molecule is CCN(/C=C(/C#N)C(=O)Nc1cccc2c(O)cccc12)CCO. The maximum absolute atomic E-state index is 12.4. The van der Waals surface area contributed by atoms with Crippen LogP contribution in [0.5, 0.6) is 5.75 Å². The van der Waals surface area contributed by atoms with Crippen LogP contribution >= 0.6 is 0 Å². The number of benzene rings is 2. The molecule has 6 heteroatoms. The number of carbonyl (C=O) groups is 1. The van der Waals surface area contributed by atoms with Crippen molar-refractivity contribution in [2.75, 3.05) is 25.0 Å². The number of anilines is 1. The molecule has 3 N–H and O–H groups in total. The highest BCUT2D eigenvalue weighted by Gasteiger charge is 2.13. The third-order valence-electron chi connectivity index (χ3n) is 3.62. The zero-order valence-corrected chi connectivity index (χ0v) is 13.4. The second kappa shape index (κ2) is 7.99. The molecule has 0 bridgehead atoms. The molecule has 0 aliphatic rings. The number of rotatable bonds is 6. The van der Waals surface area contributed by atoms with Crippen molar-refractivity contribution in [2.24, 2.45) is 0 Å². The predicted octanol–water partition coefficient (Wildman–Crippen LogP) is 2.21. The monoisotopic (exact) mass is 325 g/mol. The summed E-state index contributed by atoms with van der Waals surface area (Å²) in [5, 5.41) is 32.1. The number of likely N-dealkylation sites (N-methyl/N-ethyl adjacent to an activating group) is 1. The summed E-state index contributed by atoms with van der Waals surface area (Å²) in [6.45, 7) is 2.72. The van der Waals surface area contributed by atoms with Gasteiger partial charge in [-0.3, -0.25) is 4.79 Å². The van der Waals surface area contributed by atoms with Gasteiger partial charge in [0.15, 0.2) is 0 Å². The van der Waals surface area contributed by atoms with Gasteiger partial charge in [-0.1, -0.05) is 24.3 Å². The summed E-state index contributed by atoms with van der Waals surface area (Å²) in [5.41, 5.74) is 0.460. The van der Waals surface area contributed by atoms with Crippen molar-refractivity contribution in [3.8, 4) is 11.8 Å². The van der Waals surface area contributed by atoms with Crippen molar-refractivity contribution >= 4 is 22.4 Å². The third-order valence-corrected chi connectivity index (χ3v) is 3.62. The van der Waals surface area contributed by atoms with E-state index in [-0.39, 0.29) is 17.9 Å². The van der Waals surface area contributed by atoms with Gasteiger partial charge in [0.2, 0.25) is 0 Å². The van der Waals surface area contributed by atoms with E-state index in [4.69, 9.17) is 5.11 Å². The molecular weight excluding hydrogens is 306 g/mol. The fourth-order valence-corrected chi connectivity index (χ4v) is 2.36. The van der Waals surface area contributed by atoms with Crippen molar-refractivity contribution in [3.63, 3.8) is 0 Å². The lowest BCUT2D eigenvalue weighted by molar-refractivity contribution is -0.112. The third kappa shape index (κ3) is 3.83. The van der Waals surface area contributed by atoms with E-state index >= 15 is 0 Å². The van der Waals surface area contributed by atoms with Crippen LogP contribution in [0.15, 0.2) is 48.2 Å². The van der Waals surface area contributed by atoms with Gasteiger partial charge >= 0.3 is 0 Å². The fraction of sp³-hybridized carbons (Fsp3) is 0.222. The first kappa shape index (κ1) is 17.3. The van der Waals surface area contributed by atoms with Crippen LogP contribution in [0.4, 0.5) is 5.69 Å². The Morgan fingerprint density at radius 1 is 1.29 bits per heavy atom. The lowest BCUT2D eigenvalue weighted by atomic mass is 10.1. The molecule has 0 radical (unpaired) electrons. The van der Waals surface area contributed by atoms with Crippen molar-refractivity contribution in [2.45, 2.75) is 6.92 Å². The molecule has 0 saturated heterocycles. The van der Waals surface area contributed by atoms with Gasteiger partial charge in [-0.2, -0.15) is 5.26 Å². The average Bonchev–Trinajstić information content (AvgIpc) is 2.59. The van der Waals surface area contributed by atoms with E-state index in [0.29, 0.717) is 29.5 Å². The molecule has 0 unspecified atom stereocenters. The number of nitrogens with one attached hydrogen (secondary N) is 1. The Bertz CT molecular complexity index is 809. The van der Waals surface area contributed by atoms with Crippen molar-refractivity contribution in [1.29, 1.82) is 5.26 Å². The molecule has 0 atom stereocenters. The van der Waals surface area contributed by atoms with Crippen LogP contribution in [0.1, 0.15) is 6.92 Å². The molecule has 0 aromatic heterocycles. The maximum atomic E-state index is 12.4. The first-order chi connectivity index (χ1) is 11.6. The first-order valence-corrected chi connectivity index (χ1v) is 7.59. The van der Waals surface area contributed by atoms with E-state index in [9.17, 15) is 15.2 Å². The summed E-state index contributed by atoms with van der Waals surface area (Å²) in [5.74, 6) is -0.413. The summed E-state index contributed by atoms with van der Waals surface area (Å²) < 4.78 is 0. The molecule has 2 aromatic rings. The van der Waals surface area contributed by atoms with Crippen molar-refractivity contribution < 1.29 is 15.0 Å². The minimum atomic E-state index is -0.537. The maximum Gasteiger partial charge on any atom is 0.267 e. The van der Waals surface area contributed by atoms with Gasteiger partial charge in [0.1, 0.15) is 17.4 Å². The number of nitriles is 1. The number of aliphatic hydroxyl groups is 1. The van der Waals surface area contributed by atoms with Crippen molar-refractivity contribution in [1.82, 2.24) is 4.90 Å². The Balaban J connectivity index is 2.30. The number of aliphatic hydroxyl groups excluding tert-OH is 1. The zero-order chi connectivity index (χ0) is 17.5. The minimum absolute atomic E-state index is 0.0533.